The van der Waals surface area contributed by atoms with Crippen molar-refractivity contribution in [2.24, 2.45) is 0 Å². The first kappa shape index (κ1) is 23.0. The number of imide groups is 1. The molecule has 0 aliphatic carbocycles. The summed E-state index contributed by atoms with van der Waals surface area (Å²) in [4.78, 5) is 49.7. The summed E-state index contributed by atoms with van der Waals surface area (Å²) >= 11 is 0.694. The molecule has 0 aromatic heterocycles. The van der Waals surface area contributed by atoms with Crippen molar-refractivity contribution in [2.75, 3.05) is 19.0 Å². The quantitative estimate of drug-likeness (QED) is 0.501. The van der Waals surface area contributed by atoms with E-state index in [-0.39, 0.29) is 11.5 Å². The number of carbonyl (C=O) groups excluding carboxylic acids is 4. The van der Waals surface area contributed by atoms with Crippen molar-refractivity contribution in [1.82, 2.24) is 4.90 Å². The number of thioether (sulfide) groups is 1. The Morgan fingerprint density at radius 2 is 1.84 bits per heavy atom. The second-order valence-corrected chi connectivity index (χ2v) is 7.63. The maximum Gasteiger partial charge on any atom is 0.328 e. The highest BCUT2D eigenvalue weighted by molar-refractivity contribution is 8.18. The lowest BCUT2D eigenvalue weighted by molar-refractivity contribution is -0.148. The molecule has 0 bridgehead atoms. The van der Waals surface area contributed by atoms with Crippen LogP contribution < -0.4 is 10.1 Å². The van der Waals surface area contributed by atoms with Crippen LogP contribution in [0.25, 0.3) is 6.08 Å². The second-order valence-electron chi connectivity index (χ2n) is 6.63. The number of para-hydroxylation sites is 1. The zero-order chi connectivity index (χ0) is 23.3. The van der Waals surface area contributed by atoms with Gasteiger partial charge in [0.1, 0.15) is 17.6 Å². The number of esters is 1. The first-order chi connectivity index (χ1) is 15.3. The van der Waals surface area contributed by atoms with Gasteiger partial charge in [-0.15, -0.1) is 0 Å². The molecule has 1 saturated heterocycles. The number of ether oxygens (including phenoxy) is 2. The minimum Gasteiger partial charge on any atom is -0.483 e. The Bertz CT molecular complexity index is 1090. The third kappa shape index (κ3) is 5.33. The summed E-state index contributed by atoms with van der Waals surface area (Å²) in [7, 11) is 1.17. The monoisotopic (exact) mass is 458 g/mol. The smallest absolute Gasteiger partial charge is 0.328 e. The first-order valence-corrected chi connectivity index (χ1v) is 10.2. The summed E-state index contributed by atoms with van der Waals surface area (Å²) in [6.07, 6.45) is 1.46. The molecule has 1 aliphatic heterocycles. The van der Waals surface area contributed by atoms with Crippen molar-refractivity contribution in [1.29, 1.82) is 0 Å². The highest BCUT2D eigenvalue weighted by Gasteiger charge is 2.41. The molecule has 1 N–H and O–H groups in total. The number of hydrogen-bond donors (Lipinski definition) is 1. The standard InChI is InChI=1S/C22H19FN2O6S/c1-13(21(28)30-2)25-20(27)18(32-22(25)29)11-14-5-3-4-6-17(14)31-12-19(26)24-16-9-7-15(23)8-10-16/h3-11,13H,12H2,1-2H3,(H,24,26)/b18-11+/t13-/m0/s1. The second kappa shape index (κ2) is 10.1. The molecule has 0 radical (unpaired) electrons. The van der Waals surface area contributed by atoms with Crippen LogP contribution in [0.1, 0.15) is 12.5 Å². The van der Waals surface area contributed by atoms with Crippen molar-refractivity contribution in [3.8, 4) is 5.75 Å². The van der Waals surface area contributed by atoms with E-state index in [0.29, 0.717) is 28.8 Å². The van der Waals surface area contributed by atoms with Gasteiger partial charge >= 0.3 is 5.97 Å². The van der Waals surface area contributed by atoms with Gasteiger partial charge in [0.25, 0.3) is 17.1 Å². The fraction of sp³-hybridized carbons (Fsp3) is 0.182. The van der Waals surface area contributed by atoms with E-state index in [9.17, 15) is 23.6 Å². The van der Waals surface area contributed by atoms with Gasteiger partial charge in [0.05, 0.1) is 12.0 Å². The van der Waals surface area contributed by atoms with Crippen LogP contribution in [0.5, 0.6) is 5.75 Å². The number of methoxy groups -OCH3 is 1. The van der Waals surface area contributed by atoms with E-state index in [2.05, 4.69) is 10.1 Å². The summed E-state index contributed by atoms with van der Waals surface area (Å²) in [5.74, 6) is -1.89. The Labute approximate surface area is 187 Å². The zero-order valence-corrected chi connectivity index (χ0v) is 18.0. The van der Waals surface area contributed by atoms with Crippen molar-refractivity contribution >= 4 is 46.5 Å². The summed E-state index contributed by atoms with van der Waals surface area (Å²) in [5.41, 5.74) is 0.889. The van der Waals surface area contributed by atoms with E-state index in [1.807, 2.05) is 0 Å². The largest absolute Gasteiger partial charge is 0.483 e. The topological polar surface area (TPSA) is 102 Å². The third-order valence-corrected chi connectivity index (χ3v) is 5.33. The van der Waals surface area contributed by atoms with Gasteiger partial charge in [0.2, 0.25) is 0 Å². The molecule has 0 unspecified atom stereocenters. The lowest BCUT2D eigenvalue weighted by Crippen LogP contribution is -2.42. The molecule has 166 valence electrons. The molecule has 3 amide bonds. The Kier molecular flexibility index (Phi) is 7.26. The van der Waals surface area contributed by atoms with Gasteiger partial charge in [-0.05, 0) is 55.1 Å². The fourth-order valence-electron chi connectivity index (χ4n) is 2.84. The van der Waals surface area contributed by atoms with Gasteiger partial charge in [-0.3, -0.25) is 19.3 Å². The Hall–Kier alpha value is -3.66. The van der Waals surface area contributed by atoms with Crippen LogP contribution in [0.2, 0.25) is 0 Å². The van der Waals surface area contributed by atoms with Gasteiger partial charge in [0.15, 0.2) is 6.61 Å². The van der Waals surface area contributed by atoms with E-state index >= 15 is 0 Å². The van der Waals surface area contributed by atoms with Gasteiger partial charge in [-0.25, -0.2) is 9.18 Å². The Balaban J connectivity index is 1.71. The van der Waals surface area contributed by atoms with Crippen LogP contribution in [0.3, 0.4) is 0 Å². The number of carbonyl (C=O) groups is 4. The minimum absolute atomic E-state index is 0.109. The Morgan fingerprint density at radius 3 is 2.53 bits per heavy atom. The number of benzene rings is 2. The van der Waals surface area contributed by atoms with Gasteiger partial charge in [0, 0.05) is 11.3 Å². The minimum atomic E-state index is -1.06. The molecular weight excluding hydrogens is 439 g/mol. The number of hydrogen-bond acceptors (Lipinski definition) is 7. The van der Waals surface area contributed by atoms with Gasteiger partial charge < -0.3 is 14.8 Å². The van der Waals surface area contributed by atoms with Crippen LogP contribution in [0.15, 0.2) is 53.4 Å². The van der Waals surface area contributed by atoms with Crippen molar-refractivity contribution in [3.63, 3.8) is 0 Å². The lowest BCUT2D eigenvalue weighted by atomic mass is 10.1. The SMILES string of the molecule is COC(=O)[C@H](C)N1C(=O)S/C(=C/c2ccccc2OCC(=O)Nc2ccc(F)cc2)C1=O. The molecule has 1 heterocycles. The third-order valence-electron chi connectivity index (χ3n) is 4.45. The number of nitrogens with one attached hydrogen (secondary N) is 1. The molecule has 10 heteroatoms. The van der Waals surface area contributed by atoms with Crippen LogP contribution in [-0.2, 0) is 19.1 Å². The summed E-state index contributed by atoms with van der Waals surface area (Å²) in [6.45, 7) is 1.07. The van der Waals surface area contributed by atoms with Crippen molar-refractivity contribution in [3.05, 3.63) is 64.8 Å². The van der Waals surface area contributed by atoms with Crippen LogP contribution in [0, 0.1) is 5.82 Å². The summed E-state index contributed by atoms with van der Waals surface area (Å²) in [6, 6.07) is 10.9. The number of anilines is 1. The van der Waals surface area contributed by atoms with Crippen molar-refractivity contribution in [2.45, 2.75) is 13.0 Å². The average Bonchev–Trinajstić information content (AvgIpc) is 3.06. The highest BCUT2D eigenvalue weighted by Crippen LogP contribution is 2.35. The average molecular weight is 458 g/mol. The molecule has 8 nitrogen and oxygen atoms in total. The van der Waals surface area contributed by atoms with Crippen LogP contribution in [-0.4, -0.2) is 47.7 Å². The molecule has 2 aromatic rings. The maximum atomic E-state index is 13.0. The molecule has 3 rings (SSSR count). The molecule has 1 fully saturated rings. The molecule has 2 aromatic carbocycles. The number of nitrogens with zero attached hydrogens (tertiary/aromatic N) is 1. The maximum absolute atomic E-state index is 13.0. The number of halogens is 1. The lowest BCUT2D eigenvalue weighted by Gasteiger charge is -2.18. The van der Waals surface area contributed by atoms with Crippen LogP contribution >= 0.6 is 11.8 Å². The van der Waals surface area contributed by atoms with E-state index in [1.54, 1.807) is 24.3 Å². The molecular formula is C22H19FN2O6S. The first-order valence-electron chi connectivity index (χ1n) is 9.42. The highest BCUT2D eigenvalue weighted by atomic mass is 32.2. The molecule has 0 spiro atoms. The van der Waals surface area contributed by atoms with E-state index in [1.165, 1.54) is 44.4 Å². The van der Waals surface area contributed by atoms with E-state index in [4.69, 9.17) is 4.74 Å². The molecule has 1 aliphatic rings. The predicted octanol–water partition coefficient (Wildman–Crippen LogP) is 3.44. The zero-order valence-electron chi connectivity index (χ0n) is 17.2. The van der Waals surface area contributed by atoms with Gasteiger partial charge in [-0.2, -0.15) is 0 Å². The summed E-state index contributed by atoms with van der Waals surface area (Å²) < 4.78 is 23.1. The normalized spacial score (nSPS) is 15.6. The predicted molar refractivity (Wildman–Crippen MR) is 116 cm³/mol. The van der Waals surface area contributed by atoms with E-state index in [0.717, 1.165) is 4.90 Å². The van der Waals surface area contributed by atoms with Gasteiger partial charge in [-0.1, -0.05) is 18.2 Å². The van der Waals surface area contributed by atoms with Crippen LogP contribution in [0.4, 0.5) is 14.9 Å². The molecule has 0 saturated carbocycles. The molecule has 32 heavy (non-hydrogen) atoms. The number of amides is 3. The summed E-state index contributed by atoms with van der Waals surface area (Å²) in [5, 5.41) is 1.99. The van der Waals surface area contributed by atoms with E-state index < -0.39 is 34.9 Å². The number of rotatable bonds is 7. The van der Waals surface area contributed by atoms with Crippen molar-refractivity contribution < 1.29 is 33.0 Å². The Morgan fingerprint density at radius 1 is 1.16 bits per heavy atom. The molecule has 1 atom stereocenters. The fourth-order valence-corrected chi connectivity index (χ4v) is 3.73.